The Bertz CT molecular complexity index is 932. The van der Waals surface area contributed by atoms with E-state index in [1.807, 2.05) is 78.9 Å². The monoisotopic (exact) mass is 401 g/mol. The van der Waals surface area contributed by atoms with Crippen LogP contribution in [0.4, 0.5) is 5.69 Å². The number of anilines is 1. The summed E-state index contributed by atoms with van der Waals surface area (Å²) in [6, 6.07) is 25.1. The first-order valence-corrected chi connectivity index (χ1v) is 10.2. The van der Waals surface area contributed by atoms with Crippen molar-refractivity contribution < 1.29 is 14.3 Å². The first-order valence-electron chi connectivity index (χ1n) is 10.2. The normalized spacial score (nSPS) is 10.7. The summed E-state index contributed by atoms with van der Waals surface area (Å²) in [5, 5.41) is 2.85. The van der Waals surface area contributed by atoms with Crippen molar-refractivity contribution in [2.75, 3.05) is 11.9 Å². The zero-order chi connectivity index (χ0) is 21.0. The fourth-order valence-corrected chi connectivity index (χ4v) is 2.74. The van der Waals surface area contributed by atoms with E-state index in [1.165, 1.54) is 6.08 Å². The predicted octanol–water partition coefficient (Wildman–Crippen LogP) is 6.10. The molecule has 0 aliphatic rings. The van der Waals surface area contributed by atoms with Crippen LogP contribution in [0.25, 0.3) is 6.08 Å². The largest absolute Gasteiger partial charge is 0.494 e. The van der Waals surface area contributed by atoms with E-state index in [0.717, 1.165) is 47.8 Å². The van der Waals surface area contributed by atoms with Crippen molar-refractivity contribution in [1.29, 1.82) is 0 Å². The number of carbonyl (C=O) groups excluding carboxylic acids is 1. The van der Waals surface area contributed by atoms with Crippen LogP contribution in [0.1, 0.15) is 30.9 Å². The predicted molar refractivity (Wildman–Crippen MR) is 122 cm³/mol. The van der Waals surface area contributed by atoms with E-state index < -0.39 is 0 Å². The minimum Gasteiger partial charge on any atom is -0.494 e. The van der Waals surface area contributed by atoms with Crippen LogP contribution in [0, 0.1) is 0 Å². The molecular formula is C26H27NO3. The summed E-state index contributed by atoms with van der Waals surface area (Å²) in [6.45, 7) is 3.37. The number of benzene rings is 3. The van der Waals surface area contributed by atoms with Gasteiger partial charge in [0, 0.05) is 11.8 Å². The molecule has 0 saturated carbocycles. The summed E-state index contributed by atoms with van der Waals surface area (Å²) in [7, 11) is 0. The second-order valence-electron chi connectivity index (χ2n) is 6.89. The summed E-state index contributed by atoms with van der Waals surface area (Å²) in [6.07, 6.45) is 5.45. The van der Waals surface area contributed by atoms with Crippen molar-refractivity contribution in [1.82, 2.24) is 0 Å². The Balaban J connectivity index is 1.46. The topological polar surface area (TPSA) is 47.6 Å². The molecule has 3 aromatic rings. The zero-order valence-electron chi connectivity index (χ0n) is 17.2. The average molecular weight is 402 g/mol. The van der Waals surface area contributed by atoms with Gasteiger partial charge < -0.3 is 14.8 Å². The van der Waals surface area contributed by atoms with Gasteiger partial charge in [0.15, 0.2) is 0 Å². The summed E-state index contributed by atoms with van der Waals surface area (Å²) in [5.41, 5.74) is 2.77. The van der Waals surface area contributed by atoms with Gasteiger partial charge in [-0.25, -0.2) is 0 Å². The number of amides is 1. The van der Waals surface area contributed by atoms with Gasteiger partial charge >= 0.3 is 0 Å². The maximum Gasteiger partial charge on any atom is 0.248 e. The molecule has 0 bridgehead atoms. The van der Waals surface area contributed by atoms with Gasteiger partial charge in [-0.05, 0) is 60.0 Å². The Morgan fingerprint density at radius 3 is 2.23 bits per heavy atom. The Kier molecular flexibility index (Phi) is 8.10. The minimum atomic E-state index is -0.184. The highest BCUT2D eigenvalue weighted by Gasteiger charge is 2.00. The van der Waals surface area contributed by atoms with E-state index in [1.54, 1.807) is 6.08 Å². The zero-order valence-corrected chi connectivity index (χ0v) is 17.2. The van der Waals surface area contributed by atoms with Crippen LogP contribution in [0.2, 0.25) is 0 Å². The van der Waals surface area contributed by atoms with Crippen molar-refractivity contribution >= 4 is 17.7 Å². The fourth-order valence-electron chi connectivity index (χ4n) is 2.74. The highest BCUT2D eigenvalue weighted by atomic mass is 16.5. The van der Waals surface area contributed by atoms with Gasteiger partial charge in [-0.15, -0.1) is 0 Å². The average Bonchev–Trinajstić information content (AvgIpc) is 2.79. The number of ether oxygens (including phenoxy) is 2. The molecule has 1 N–H and O–H groups in total. The lowest BCUT2D eigenvalue weighted by Gasteiger charge is -2.08. The first-order chi connectivity index (χ1) is 14.7. The van der Waals surface area contributed by atoms with Crippen LogP contribution in [0.5, 0.6) is 11.5 Å². The van der Waals surface area contributed by atoms with Crippen molar-refractivity contribution in [2.45, 2.75) is 26.4 Å². The lowest BCUT2D eigenvalue weighted by Crippen LogP contribution is -2.07. The third-order valence-electron chi connectivity index (χ3n) is 4.44. The number of hydrogen-bond donors (Lipinski definition) is 1. The van der Waals surface area contributed by atoms with Crippen molar-refractivity contribution in [3.63, 3.8) is 0 Å². The molecule has 0 unspecified atom stereocenters. The molecule has 0 aromatic heterocycles. The van der Waals surface area contributed by atoms with Crippen LogP contribution < -0.4 is 14.8 Å². The standard InChI is InChI=1S/C26H27NO3/c1-2-3-19-29-24-14-9-21(10-15-24)11-18-26(28)27-23-12-16-25(17-13-23)30-20-22-7-5-4-6-8-22/h4-18H,2-3,19-20H2,1H3,(H,27,28). The summed E-state index contributed by atoms with van der Waals surface area (Å²) in [4.78, 5) is 12.2. The number of rotatable bonds is 10. The van der Waals surface area contributed by atoms with Gasteiger partial charge in [0.1, 0.15) is 18.1 Å². The third-order valence-corrected chi connectivity index (χ3v) is 4.44. The fraction of sp³-hybridized carbons (Fsp3) is 0.192. The molecule has 0 saturated heterocycles. The van der Waals surface area contributed by atoms with Crippen LogP contribution >= 0.6 is 0 Å². The smallest absolute Gasteiger partial charge is 0.248 e. The highest BCUT2D eigenvalue weighted by molar-refractivity contribution is 6.01. The molecule has 0 radical (unpaired) electrons. The van der Waals surface area contributed by atoms with E-state index in [-0.39, 0.29) is 5.91 Å². The van der Waals surface area contributed by atoms with Crippen LogP contribution in [-0.4, -0.2) is 12.5 Å². The quantitative estimate of drug-likeness (QED) is 0.330. The lowest BCUT2D eigenvalue weighted by molar-refractivity contribution is -0.111. The van der Waals surface area contributed by atoms with Crippen LogP contribution in [0.15, 0.2) is 84.9 Å². The third kappa shape index (κ3) is 7.13. The van der Waals surface area contributed by atoms with E-state index in [0.29, 0.717) is 6.61 Å². The number of carbonyl (C=O) groups is 1. The van der Waals surface area contributed by atoms with E-state index in [2.05, 4.69) is 12.2 Å². The molecule has 4 nitrogen and oxygen atoms in total. The molecular weight excluding hydrogens is 374 g/mol. The van der Waals surface area contributed by atoms with Crippen LogP contribution in [0.3, 0.4) is 0 Å². The maximum absolute atomic E-state index is 12.2. The molecule has 0 atom stereocenters. The molecule has 3 rings (SSSR count). The second kappa shape index (κ2) is 11.5. The van der Waals surface area contributed by atoms with E-state index in [4.69, 9.17) is 9.47 Å². The summed E-state index contributed by atoms with van der Waals surface area (Å²) in [5.74, 6) is 1.42. The van der Waals surface area contributed by atoms with Gasteiger partial charge in [0.2, 0.25) is 5.91 Å². The van der Waals surface area contributed by atoms with E-state index >= 15 is 0 Å². The highest BCUT2D eigenvalue weighted by Crippen LogP contribution is 2.18. The van der Waals surface area contributed by atoms with Gasteiger partial charge in [0.05, 0.1) is 6.61 Å². The second-order valence-corrected chi connectivity index (χ2v) is 6.89. The Morgan fingerprint density at radius 1 is 0.867 bits per heavy atom. The Morgan fingerprint density at radius 2 is 1.53 bits per heavy atom. The molecule has 0 aliphatic carbocycles. The molecule has 1 amide bonds. The number of hydrogen-bond acceptors (Lipinski definition) is 3. The van der Waals surface area contributed by atoms with Gasteiger partial charge in [0.25, 0.3) is 0 Å². The summed E-state index contributed by atoms with van der Waals surface area (Å²) < 4.78 is 11.4. The van der Waals surface area contributed by atoms with Gasteiger partial charge in [-0.3, -0.25) is 4.79 Å². The molecule has 0 heterocycles. The molecule has 154 valence electrons. The van der Waals surface area contributed by atoms with Crippen molar-refractivity contribution in [3.05, 3.63) is 96.1 Å². The van der Waals surface area contributed by atoms with Crippen molar-refractivity contribution in [3.8, 4) is 11.5 Å². The molecule has 0 aliphatic heterocycles. The maximum atomic E-state index is 12.2. The molecule has 0 fully saturated rings. The van der Waals surface area contributed by atoms with Crippen molar-refractivity contribution in [2.24, 2.45) is 0 Å². The van der Waals surface area contributed by atoms with E-state index in [9.17, 15) is 4.79 Å². The Labute approximate surface area is 178 Å². The van der Waals surface area contributed by atoms with Gasteiger partial charge in [-0.1, -0.05) is 55.8 Å². The summed E-state index contributed by atoms with van der Waals surface area (Å²) >= 11 is 0. The lowest BCUT2D eigenvalue weighted by atomic mass is 10.2. The molecule has 3 aromatic carbocycles. The molecule has 0 spiro atoms. The first kappa shape index (κ1) is 21.2. The minimum absolute atomic E-state index is 0.184. The molecule has 4 heteroatoms. The Hall–Kier alpha value is -3.53. The van der Waals surface area contributed by atoms with Gasteiger partial charge in [-0.2, -0.15) is 0 Å². The molecule has 30 heavy (non-hydrogen) atoms. The SMILES string of the molecule is CCCCOc1ccc(C=CC(=O)Nc2ccc(OCc3ccccc3)cc2)cc1. The number of unbranched alkanes of at least 4 members (excludes halogenated alkanes) is 1. The number of nitrogens with one attached hydrogen (secondary N) is 1. The van der Waals surface area contributed by atoms with Crippen LogP contribution in [-0.2, 0) is 11.4 Å².